The minimum atomic E-state index is -0.411. The van der Waals surface area contributed by atoms with E-state index in [9.17, 15) is 9.59 Å². The largest absolute Gasteiger partial charge is 0.469 e. The predicted octanol–water partition coefficient (Wildman–Crippen LogP) is 2.04. The molecule has 0 N–H and O–H groups in total. The summed E-state index contributed by atoms with van der Waals surface area (Å²) in [5.74, 6) is -0.928. The van der Waals surface area contributed by atoms with Crippen molar-refractivity contribution in [2.45, 2.75) is 19.8 Å². The molecule has 1 aromatic carbocycles. The number of carbonyl (C=O) groups excluding carboxylic acids is 1. The zero-order chi connectivity index (χ0) is 14.2. The summed E-state index contributed by atoms with van der Waals surface area (Å²) in [4.78, 5) is 23.3. The number of hydrogen-bond donors (Lipinski definition) is 0. The quantitative estimate of drug-likeness (QED) is 0.795. The molecular weight excluding hydrogens is 246 g/mol. The Labute approximate surface area is 110 Å². The van der Waals surface area contributed by atoms with Gasteiger partial charge in [0.2, 0.25) is 0 Å². The molecule has 1 aromatic heterocycles. The second-order valence-electron chi connectivity index (χ2n) is 4.90. The fourth-order valence-electron chi connectivity index (χ4n) is 2.26. The van der Waals surface area contributed by atoms with Gasteiger partial charge >= 0.3 is 11.7 Å². The van der Waals surface area contributed by atoms with Gasteiger partial charge in [0.1, 0.15) is 0 Å². The van der Waals surface area contributed by atoms with Gasteiger partial charge in [-0.05, 0) is 23.6 Å². The molecule has 0 aliphatic carbocycles. The number of aryl methyl sites for hydroxylation is 1. The van der Waals surface area contributed by atoms with Crippen molar-refractivity contribution in [2.75, 3.05) is 7.11 Å². The maximum Gasteiger partial charge on any atom is 0.419 e. The van der Waals surface area contributed by atoms with Crippen LogP contribution in [0.1, 0.15) is 25.3 Å². The highest BCUT2D eigenvalue weighted by atomic mass is 16.5. The Kier molecular flexibility index (Phi) is 3.46. The summed E-state index contributed by atoms with van der Waals surface area (Å²) in [5.41, 5.74) is 2.02. The van der Waals surface area contributed by atoms with Gasteiger partial charge in [0.25, 0.3) is 0 Å². The van der Waals surface area contributed by atoms with Crippen LogP contribution in [0, 0.1) is 5.92 Å². The van der Waals surface area contributed by atoms with Crippen LogP contribution < -0.4 is 5.76 Å². The first-order valence-electron chi connectivity index (χ1n) is 6.13. The Bertz CT molecular complexity index is 666. The molecule has 0 aliphatic rings. The Balaban J connectivity index is 2.58. The Hall–Kier alpha value is -2.04. The lowest BCUT2D eigenvalue weighted by atomic mass is 9.88. The molecule has 0 radical (unpaired) electrons. The number of esters is 1. The second-order valence-corrected chi connectivity index (χ2v) is 4.90. The highest BCUT2D eigenvalue weighted by Crippen LogP contribution is 2.28. The van der Waals surface area contributed by atoms with Crippen LogP contribution in [0.2, 0.25) is 0 Å². The van der Waals surface area contributed by atoms with Crippen LogP contribution in [0.4, 0.5) is 0 Å². The number of oxazole rings is 1. The van der Waals surface area contributed by atoms with Gasteiger partial charge in [-0.2, -0.15) is 0 Å². The average Bonchev–Trinajstić information content (AvgIpc) is 2.65. The van der Waals surface area contributed by atoms with E-state index < -0.39 is 5.76 Å². The molecule has 5 nitrogen and oxygen atoms in total. The first kappa shape index (κ1) is 13.4. The van der Waals surface area contributed by atoms with Crippen LogP contribution in [0.5, 0.6) is 0 Å². The van der Waals surface area contributed by atoms with Gasteiger partial charge in [-0.25, -0.2) is 4.79 Å². The molecule has 1 unspecified atom stereocenters. The second kappa shape index (κ2) is 4.91. The summed E-state index contributed by atoms with van der Waals surface area (Å²) in [6.45, 7) is 3.92. The third-order valence-electron chi connectivity index (χ3n) is 3.30. The third-order valence-corrected chi connectivity index (χ3v) is 3.30. The molecule has 0 amide bonds. The van der Waals surface area contributed by atoms with Crippen LogP contribution in [0.15, 0.2) is 27.4 Å². The summed E-state index contributed by atoms with van der Waals surface area (Å²) >= 11 is 0. The Morgan fingerprint density at radius 1 is 1.37 bits per heavy atom. The fraction of sp³-hybridized carbons (Fsp3) is 0.429. The molecule has 1 atom stereocenters. The van der Waals surface area contributed by atoms with E-state index in [1.54, 1.807) is 19.2 Å². The van der Waals surface area contributed by atoms with Crippen molar-refractivity contribution in [2.24, 2.45) is 13.0 Å². The van der Waals surface area contributed by atoms with E-state index in [0.717, 1.165) is 5.56 Å². The summed E-state index contributed by atoms with van der Waals surface area (Å²) in [7, 11) is 3.02. The van der Waals surface area contributed by atoms with Crippen molar-refractivity contribution >= 4 is 17.1 Å². The standard InChI is InChI=1S/C14H17NO4/c1-8(2)12(13(16)18-4)9-5-6-11-10(7-9)15(3)14(17)19-11/h5-8,12H,1-4H3. The summed E-state index contributed by atoms with van der Waals surface area (Å²) in [6, 6.07) is 5.32. The maximum absolute atomic E-state index is 11.9. The van der Waals surface area contributed by atoms with E-state index in [1.165, 1.54) is 11.7 Å². The van der Waals surface area contributed by atoms with Crippen LogP contribution in [0.3, 0.4) is 0 Å². The zero-order valence-corrected chi connectivity index (χ0v) is 11.5. The fourth-order valence-corrected chi connectivity index (χ4v) is 2.26. The maximum atomic E-state index is 11.9. The van der Waals surface area contributed by atoms with E-state index in [2.05, 4.69) is 0 Å². The van der Waals surface area contributed by atoms with Crippen molar-refractivity contribution in [3.05, 3.63) is 34.3 Å². The molecule has 0 spiro atoms. The topological polar surface area (TPSA) is 61.4 Å². The van der Waals surface area contributed by atoms with Crippen LogP contribution >= 0.6 is 0 Å². The smallest absolute Gasteiger partial charge is 0.419 e. The summed E-state index contributed by atoms with van der Waals surface area (Å²) in [5, 5.41) is 0. The minimum absolute atomic E-state index is 0.105. The van der Waals surface area contributed by atoms with Crippen molar-refractivity contribution in [1.82, 2.24) is 4.57 Å². The minimum Gasteiger partial charge on any atom is -0.469 e. The number of nitrogens with zero attached hydrogens (tertiary/aromatic N) is 1. The molecule has 0 saturated heterocycles. The normalized spacial score (nSPS) is 12.9. The molecule has 0 bridgehead atoms. The van der Waals surface area contributed by atoms with Crippen molar-refractivity contribution < 1.29 is 13.9 Å². The molecule has 2 rings (SSSR count). The van der Waals surface area contributed by atoms with Crippen molar-refractivity contribution in [3.8, 4) is 0 Å². The Morgan fingerprint density at radius 3 is 2.63 bits per heavy atom. The molecule has 0 saturated carbocycles. The zero-order valence-electron chi connectivity index (χ0n) is 11.5. The van der Waals surface area contributed by atoms with Crippen LogP contribution in [-0.4, -0.2) is 17.6 Å². The van der Waals surface area contributed by atoms with E-state index in [4.69, 9.17) is 9.15 Å². The highest BCUT2D eigenvalue weighted by molar-refractivity contribution is 5.81. The lowest BCUT2D eigenvalue weighted by Crippen LogP contribution is -2.19. The summed E-state index contributed by atoms with van der Waals surface area (Å²) in [6.07, 6.45) is 0. The number of ether oxygens (including phenoxy) is 1. The molecule has 1 heterocycles. The van der Waals surface area contributed by atoms with Gasteiger partial charge in [0, 0.05) is 7.05 Å². The molecule has 19 heavy (non-hydrogen) atoms. The van der Waals surface area contributed by atoms with E-state index in [0.29, 0.717) is 11.1 Å². The third kappa shape index (κ3) is 2.28. The van der Waals surface area contributed by atoms with Crippen LogP contribution in [-0.2, 0) is 16.6 Å². The molecule has 0 fully saturated rings. The average molecular weight is 263 g/mol. The number of aromatic nitrogens is 1. The van der Waals surface area contributed by atoms with Gasteiger partial charge in [0.05, 0.1) is 18.5 Å². The number of hydrogen-bond acceptors (Lipinski definition) is 4. The van der Waals surface area contributed by atoms with Crippen molar-refractivity contribution in [3.63, 3.8) is 0 Å². The lowest BCUT2D eigenvalue weighted by Gasteiger charge is -2.18. The van der Waals surface area contributed by atoms with Crippen LogP contribution in [0.25, 0.3) is 11.1 Å². The lowest BCUT2D eigenvalue weighted by molar-refractivity contribution is -0.143. The van der Waals surface area contributed by atoms with Gasteiger partial charge in [0.15, 0.2) is 5.58 Å². The molecule has 5 heteroatoms. The van der Waals surface area contributed by atoms with Gasteiger partial charge in [-0.1, -0.05) is 19.9 Å². The van der Waals surface area contributed by atoms with Gasteiger partial charge in [-0.3, -0.25) is 9.36 Å². The molecule has 0 aliphatic heterocycles. The molecular formula is C14H17NO4. The monoisotopic (exact) mass is 263 g/mol. The molecule has 102 valence electrons. The number of rotatable bonds is 3. The van der Waals surface area contributed by atoms with E-state index in [-0.39, 0.29) is 17.8 Å². The number of methoxy groups -OCH3 is 1. The first-order chi connectivity index (χ1) is 8.95. The van der Waals surface area contributed by atoms with Crippen molar-refractivity contribution in [1.29, 1.82) is 0 Å². The number of fused-ring (bicyclic) bond motifs is 1. The van der Waals surface area contributed by atoms with Gasteiger partial charge in [-0.15, -0.1) is 0 Å². The number of benzene rings is 1. The summed E-state index contributed by atoms with van der Waals surface area (Å²) < 4.78 is 11.3. The first-order valence-corrected chi connectivity index (χ1v) is 6.13. The SMILES string of the molecule is COC(=O)C(c1ccc2oc(=O)n(C)c2c1)C(C)C. The van der Waals surface area contributed by atoms with E-state index >= 15 is 0 Å². The number of carbonyl (C=O) groups is 1. The molecule has 2 aromatic rings. The highest BCUT2D eigenvalue weighted by Gasteiger charge is 2.25. The van der Waals surface area contributed by atoms with E-state index in [1.807, 2.05) is 19.9 Å². The van der Waals surface area contributed by atoms with Gasteiger partial charge < -0.3 is 9.15 Å². The predicted molar refractivity (Wildman–Crippen MR) is 71.1 cm³/mol. The Morgan fingerprint density at radius 2 is 2.05 bits per heavy atom.